The van der Waals surface area contributed by atoms with Crippen LogP contribution < -0.4 is 5.32 Å². The maximum atomic E-state index is 3.64. The first-order valence-electron chi connectivity index (χ1n) is 7.54. The highest BCUT2D eigenvalue weighted by Crippen LogP contribution is 2.29. The maximum Gasteiger partial charge on any atom is 0.0214 e. The maximum absolute atomic E-state index is 3.64. The second-order valence-corrected chi connectivity index (χ2v) is 6.13. The Morgan fingerprint density at radius 2 is 1.55 bits per heavy atom. The van der Waals surface area contributed by atoms with E-state index in [4.69, 9.17) is 0 Å². The molecule has 1 aliphatic carbocycles. The van der Waals surface area contributed by atoms with E-state index in [1.165, 1.54) is 46.2 Å². The Bertz CT molecular complexity index is 624. The predicted molar refractivity (Wildman–Crippen MR) is 86.0 cm³/mol. The summed E-state index contributed by atoms with van der Waals surface area (Å²) in [6.45, 7) is 7.52. The molecule has 0 aromatic heterocycles. The first-order valence-corrected chi connectivity index (χ1v) is 7.54. The van der Waals surface area contributed by atoms with Gasteiger partial charge in [0.1, 0.15) is 0 Å². The van der Waals surface area contributed by atoms with Gasteiger partial charge in [0.15, 0.2) is 0 Å². The van der Waals surface area contributed by atoms with Gasteiger partial charge in [-0.2, -0.15) is 0 Å². The Balaban J connectivity index is 2.00. The van der Waals surface area contributed by atoms with Gasteiger partial charge in [0.05, 0.1) is 0 Å². The van der Waals surface area contributed by atoms with Crippen molar-refractivity contribution in [3.8, 4) is 11.1 Å². The van der Waals surface area contributed by atoms with Crippen molar-refractivity contribution in [1.82, 2.24) is 5.32 Å². The van der Waals surface area contributed by atoms with E-state index in [1.807, 2.05) is 0 Å². The lowest BCUT2D eigenvalue weighted by Gasteiger charge is -2.14. The molecule has 2 aromatic carbocycles. The number of hydrogen-bond acceptors (Lipinski definition) is 1. The van der Waals surface area contributed by atoms with Crippen LogP contribution in [-0.2, 0) is 6.54 Å². The van der Waals surface area contributed by atoms with E-state index in [1.54, 1.807) is 0 Å². The summed E-state index contributed by atoms with van der Waals surface area (Å²) in [4.78, 5) is 0. The van der Waals surface area contributed by atoms with E-state index in [-0.39, 0.29) is 0 Å². The Morgan fingerprint density at radius 1 is 0.900 bits per heavy atom. The lowest BCUT2D eigenvalue weighted by Crippen LogP contribution is -2.16. The highest BCUT2D eigenvalue weighted by Gasteiger charge is 2.20. The van der Waals surface area contributed by atoms with Gasteiger partial charge in [0, 0.05) is 12.6 Å². The fraction of sp³-hybridized carbons (Fsp3) is 0.368. The van der Waals surface area contributed by atoms with Crippen molar-refractivity contribution < 1.29 is 0 Å². The summed E-state index contributed by atoms with van der Waals surface area (Å²) in [5, 5.41) is 3.64. The molecule has 0 amide bonds. The number of rotatable bonds is 4. The van der Waals surface area contributed by atoms with E-state index in [9.17, 15) is 0 Å². The van der Waals surface area contributed by atoms with Crippen molar-refractivity contribution in [3.05, 3.63) is 58.7 Å². The summed E-state index contributed by atoms with van der Waals surface area (Å²) >= 11 is 0. The van der Waals surface area contributed by atoms with Crippen LogP contribution in [0.2, 0.25) is 0 Å². The molecule has 3 rings (SSSR count). The molecule has 0 atom stereocenters. The zero-order valence-corrected chi connectivity index (χ0v) is 12.7. The van der Waals surface area contributed by atoms with Gasteiger partial charge >= 0.3 is 0 Å². The Labute approximate surface area is 122 Å². The molecule has 0 spiro atoms. The van der Waals surface area contributed by atoms with Gasteiger partial charge in [0.25, 0.3) is 0 Å². The van der Waals surface area contributed by atoms with E-state index in [0.717, 1.165) is 12.6 Å². The van der Waals surface area contributed by atoms with Crippen molar-refractivity contribution >= 4 is 0 Å². The molecule has 0 saturated heterocycles. The van der Waals surface area contributed by atoms with Crippen molar-refractivity contribution in [3.63, 3.8) is 0 Å². The van der Waals surface area contributed by atoms with Gasteiger partial charge in [-0.15, -0.1) is 0 Å². The molecule has 0 bridgehead atoms. The Kier molecular flexibility index (Phi) is 3.62. The van der Waals surface area contributed by atoms with E-state index in [2.05, 4.69) is 62.5 Å². The van der Waals surface area contributed by atoms with Crippen LogP contribution >= 0.6 is 0 Å². The van der Waals surface area contributed by atoms with Gasteiger partial charge in [-0.1, -0.05) is 47.5 Å². The Morgan fingerprint density at radius 3 is 2.25 bits per heavy atom. The molecule has 104 valence electrons. The zero-order chi connectivity index (χ0) is 14.1. The molecule has 1 nitrogen and oxygen atoms in total. The predicted octanol–water partition coefficient (Wildman–Crippen LogP) is 4.53. The van der Waals surface area contributed by atoms with Crippen molar-refractivity contribution in [1.29, 1.82) is 0 Å². The normalized spacial score (nSPS) is 14.6. The molecule has 1 heteroatoms. The van der Waals surface area contributed by atoms with Crippen molar-refractivity contribution in [2.75, 3.05) is 0 Å². The van der Waals surface area contributed by atoms with Gasteiger partial charge in [-0.05, 0) is 55.9 Å². The molecule has 0 radical (unpaired) electrons. The standard InChI is InChI=1S/C19H23N/c1-13-4-6-15(3)18(10-13)19-11-14(2)5-7-16(19)12-20-17-8-9-17/h4-7,10-11,17,20H,8-9,12H2,1-3H3. The van der Waals surface area contributed by atoms with Crippen LogP contribution in [0.4, 0.5) is 0 Å². The minimum Gasteiger partial charge on any atom is -0.310 e. The summed E-state index contributed by atoms with van der Waals surface area (Å²) in [6.07, 6.45) is 2.68. The molecule has 0 heterocycles. The van der Waals surface area contributed by atoms with Gasteiger partial charge in [-0.25, -0.2) is 0 Å². The van der Waals surface area contributed by atoms with Crippen LogP contribution in [0.5, 0.6) is 0 Å². The summed E-state index contributed by atoms with van der Waals surface area (Å²) in [6, 6.07) is 14.3. The highest BCUT2D eigenvalue weighted by atomic mass is 14.9. The Hall–Kier alpha value is -1.60. The number of hydrogen-bond donors (Lipinski definition) is 1. The van der Waals surface area contributed by atoms with Crippen molar-refractivity contribution in [2.45, 2.75) is 46.2 Å². The second-order valence-electron chi connectivity index (χ2n) is 6.13. The average Bonchev–Trinajstić information content (AvgIpc) is 3.24. The summed E-state index contributed by atoms with van der Waals surface area (Å²) < 4.78 is 0. The molecule has 1 saturated carbocycles. The van der Waals surface area contributed by atoms with Crippen LogP contribution in [0.25, 0.3) is 11.1 Å². The third-order valence-corrected chi connectivity index (χ3v) is 4.11. The number of nitrogens with one attached hydrogen (secondary N) is 1. The zero-order valence-electron chi connectivity index (χ0n) is 12.7. The second kappa shape index (κ2) is 5.41. The summed E-state index contributed by atoms with van der Waals surface area (Å²) in [5.74, 6) is 0. The fourth-order valence-electron chi connectivity index (χ4n) is 2.66. The van der Waals surface area contributed by atoms with Crippen LogP contribution in [0.1, 0.15) is 35.1 Å². The van der Waals surface area contributed by atoms with Crippen LogP contribution in [0.3, 0.4) is 0 Å². The molecule has 0 aliphatic heterocycles. The molecule has 2 aromatic rings. The quantitative estimate of drug-likeness (QED) is 0.856. The monoisotopic (exact) mass is 265 g/mol. The molecule has 20 heavy (non-hydrogen) atoms. The molecular formula is C19H23N. The first-order chi connectivity index (χ1) is 9.63. The fourth-order valence-corrected chi connectivity index (χ4v) is 2.66. The lowest BCUT2D eigenvalue weighted by atomic mass is 9.93. The van der Waals surface area contributed by atoms with E-state index in [0.29, 0.717) is 0 Å². The first kappa shape index (κ1) is 13.4. The largest absolute Gasteiger partial charge is 0.310 e. The molecule has 1 fully saturated rings. The van der Waals surface area contributed by atoms with Crippen LogP contribution in [0.15, 0.2) is 36.4 Å². The number of benzene rings is 2. The van der Waals surface area contributed by atoms with Gasteiger partial charge < -0.3 is 5.32 Å². The third-order valence-electron chi connectivity index (χ3n) is 4.11. The van der Waals surface area contributed by atoms with E-state index >= 15 is 0 Å². The summed E-state index contributed by atoms with van der Waals surface area (Å²) in [7, 11) is 0. The van der Waals surface area contributed by atoms with Crippen molar-refractivity contribution in [2.24, 2.45) is 0 Å². The van der Waals surface area contributed by atoms with E-state index < -0.39 is 0 Å². The molecule has 1 N–H and O–H groups in total. The molecule has 0 unspecified atom stereocenters. The van der Waals surface area contributed by atoms with Gasteiger partial charge in [0.2, 0.25) is 0 Å². The van der Waals surface area contributed by atoms with Crippen LogP contribution in [0, 0.1) is 20.8 Å². The van der Waals surface area contributed by atoms with Crippen LogP contribution in [-0.4, -0.2) is 6.04 Å². The number of aryl methyl sites for hydroxylation is 3. The molecule has 1 aliphatic rings. The summed E-state index contributed by atoms with van der Waals surface area (Å²) in [5.41, 5.74) is 8.19. The van der Waals surface area contributed by atoms with Gasteiger partial charge in [-0.3, -0.25) is 0 Å². The lowest BCUT2D eigenvalue weighted by molar-refractivity contribution is 0.688. The molecular weight excluding hydrogens is 242 g/mol. The minimum absolute atomic E-state index is 0.753. The average molecular weight is 265 g/mol. The SMILES string of the molecule is Cc1ccc(C)c(-c2cc(C)ccc2CNC2CC2)c1. The third kappa shape index (κ3) is 2.94. The smallest absolute Gasteiger partial charge is 0.0214 e. The highest BCUT2D eigenvalue weighted by molar-refractivity contribution is 5.72. The minimum atomic E-state index is 0.753. The topological polar surface area (TPSA) is 12.0 Å².